The summed E-state index contributed by atoms with van der Waals surface area (Å²) in [6.45, 7) is 2.09. The van der Waals surface area contributed by atoms with Crippen LogP contribution < -0.4 is 0 Å². The van der Waals surface area contributed by atoms with Gasteiger partial charge in [0.2, 0.25) is 0 Å². The summed E-state index contributed by atoms with van der Waals surface area (Å²) in [5, 5.41) is 2.89. The summed E-state index contributed by atoms with van der Waals surface area (Å²) < 4.78 is 0. The molecule has 0 spiro atoms. The SMILES string of the molecule is Cc1cc(Cl)ccc1C(Br)c1cccs1. The zero-order valence-corrected chi connectivity index (χ0v) is 11.4. The van der Waals surface area contributed by atoms with Crippen LogP contribution in [-0.4, -0.2) is 0 Å². The first-order chi connectivity index (χ1) is 7.18. The van der Waals surface area contributed by atoms with Gasteiger partial charge in [-0.25, -0.2) is 0 Å². The van der Waals surface area contributed by atoms with E-state index in [2.05, 4.69) is 46.4 Å². The molecular formula is C12H10BrClS. The highest BCUT2D eigenvalue weighted by Crippen LogP contribution is 2.35. The van der Waals surface area contributed by atoms with Crippen molar-refractivity contribution in [2.75, 3.05) is 0 Å². The van der Waals surface area contributed by atoms with E-state index in [1.165, 1.54) is 16.0 Å². The summed E-state index contributed by atoms with van der Waals surface area (Å²) in [6, 6.07) is 10.2. The fourth-order valence-electron chi connectivity index (χ4n) is 1.51. The van der Waals surface area contributed by atoms with Crippen molar-refractivity contribution in [3.63, 3.8) is 0 Å². The third-order valence-corrected chi connectivity index (χ3v) is 4.76. The molecule has 15 heavy (non-hydrogen) atoms. The molecule has 0 fully saturated rings. The van der Waals surface area contributed by atoms with Crippen LogP contribution in [0, 0.1) is 6.92 Å². The van der Waals surface area contributed by atoms with Gasteiger partial charge >= 0.3 is 0 Å². The van der Waals surface area contributed by atoms with Crippen LogP contribution >= 0.6 is 38.9 Å². The molecule has 0 saturated carbocycles. The predicted octanol–water partition coefficient (Wildman–Crippen LogP) is 5.19. The Labute approximate surface area is 107 Å². The molecular weight excluding hydrogens is 292 g/mol. The normalized spacial score (nSPS) is 12.7. The van der Waals surface area contributed by atoms with E-state index in [0.29, 0.717) is 0 Å². The molecule has 0 aliphatic carbocycles. The van der Waals surface area contributed by atoms with Crippen LogP contribution in [0.2, 0.25) is 5.02 Å². The summed E-state index contributed by atoms with van der Waals surface area (Å²) in [5.41, 5.74) is 2.50. The molecule has 0 amide bonds. The van der Waals surface area contributed by atoms with E-state index in [0.717, 1.165) is 5.02 Å². The highest BCUT2D eigenvalue weighted by atomic mass is 79.9. The molecule has 0 bridgehead atoms. The van der Waals surface area contributed by atoms with Crippen LogP contribution in [0.4, 0.5) is 0 Å². The third-order valence-electron chi connectivity index (χ3n) is 2.30. The summed E-state index contributed by atoms with van der Waals surface area (Å²) >= 11 is 11.4. The quantitative estimate of drug-likeness (QED) is 0.669. The van der Waals surface area contributed by atoms with E-state index in [-0.39, 0.29) is 4.83 Å². The zero-order chi connectivity index (χ0) is 10.8. The van der Waals surface area contributed by atoms with Crippen LogP contribution in [0.5, 0.6) is 0 Å². The second-order valence-corrected chi connectivity index (χ2v) is 5.71. The second kappa shape index (κ2) is 4.69. The first-order valence-electron chi connectivity index (χ1n) is 4.62. The molecule has 0 nitrogen and oxygen atoms in total. The number of benzene rings is 1. The Balaban J connectivity index is 2.38. The average molecular weight is 302 g/mol. The van der Waals surface area contributed by atoms with Crippen molar-refractivity contribution in [1.82, 2.24) is 0 Å². The molecule has 1 aromatic carbocycles. The Morgan fingerprint density at radius 3 is 2.73 bits per heavy atom. The van der Waals surface area contributed by atoms with Crippen molar-refractivity contribution in [1.29, 1.82) is 0 Å². The molecule has 1 atom stereocenters. The monoisotopic (exact) mass is 300 g/mol. The topological polar surface area (TPSA) is 0 Å². The molecule has 0 radical (unpaired) electrons. The lowest BCUT2D eigenvalue weighted by atomic mass is 10.1. The van der Waals surface area contributed by atoms with Gasteiger partial charge in [-0.1, -0.05) is 39.7 Å². The van der Waals surface area contributed by atoms with Crippen LogP contribution in [0.15, 0.2) is 35.7 Å². The zero-order valence-electron chi connectivity index (χ0n) is 8.21. The fourth-order valence-corrected chi connectivity index (χ4v) is 3.45. The van der Waals surface area contributed by atoms with E-state index in [4.69, 9.17) is 11.6 Å². The minimum atomic E-state index is 0.273. The summed E-state index contributed by atoms with van der Waals surface area (Å²) in [7, 11) is 0. The van der Waals surface area contributed by atoms with E-state index >= 15 is 0 Å². The molecule has 1 unspecified atom stereocenters. The first-order valence-corrected chi connectivity index (χ1v) is 6.79. The molecule has 2 aromatic rings. The van der Waals surface area contributed by atoms with Gasteiger partial charge in [-0.3, -0.25) is 0 Å². The van der Waals surface area contributed by atoms with Gasteiger partial charge in [-0.2, -0.15) is 0 Å². The number of rotatable bonds is 2. The summed E-state index contributed by atoms with van der Waals surface area (Å²) in [5.74, 6) is 0. The average Bonchev–Trinajstić information content (AvgIpc) is 2.69. The molecule has 3 heteroatoms. The predicted molar refractivity (Wildman–Crippen MR) is 71.3 cm³/mol. The van der Waals surface area contributed by atoms with Crippen LogP contribution in [0.25, 0.3) is 0 Å². The lowest BCUT2D eigenvalue weighted by Gasteiger charge is -2.11. The molecule has 0 saturated heterocycles. The fraction of sp³-hybridized carbons (Fsp3) is 0.167. The standard InChI is InChI=1S/C12H10BrClS/c1-8-7-9(14)4-5-10(8)12(13)11-3-2-6-15-11/h2-7,12H,1H3. The highest BCUT2D eigenvalue weighted by Gasteiger charge is 2.13. The number of alkyl halides is 1. The first kappa shape index (κ1) is 11.2. The van der Waals surface area contributed by atoms with Crippen LogP contribution in [0.3, 0.4) is 0 Å². The lowest BCUT2D eigenvalue weighted by molar-refractivity contribution is 1.18. The second-order valence-electron chi connectivity index (χ2n) is 3.38. The van der Waals surface area contributed by atoms with Crippen molar-refractivity contribution in [3.8, 4) is 0 Å². The minimum absolute atomic E-state index is 0.273. The number of hydrogen-bond acceptors (Lipinski definition) is 1. The summed E-state index contributed by atoms with van der Waals surface area (Å²) in [4.78, 5) is 1.59. The van der Waals surface area contributed by atoms with Crippen LogP contribution in [-0.2, 0) is 0 Å². The third kappa shape index (κ3) is 2.44. The van der Waals surface area contributed by atoms with Crippen molar-refractivity contribution >= 4 is 38.9 Å². The molecule has 1 heterocycles. The Bertz CT molecular complexity index is 451. The van der Waals surface area contributed by atoms with Crippen LogP contribution in [0.1, 0.15) is 20.8 Å². The molecule has 2 rings (SSSR count). The van der Waals surface area contributed by atoms with Gasteiger partial charge < -0.3 is 0 Å². The molecule has 0 aliphatic rings. The van der Waals surface area contributed by atoms with Gasteiger partial charge in [0, 0.05) is 9.90 Å². The maximum absolute atomic E-state index is 5.93. The Hall–Kier alpha value is -0.310. The highest BCUT2D eigenvalue weighted by molar-refractivity contribution is 9.09. The largest absolute Gasteiger partial charge is 0.147 e. The minimum Gasteiger partial charge on any atom is -0.147 e. The Morgan fingerprint density at radius 1 is 1.33 bits per heavy atom. The van der Waals surface area contributed by atoms with E-state index < -0.39 is 0 Å². The number of hydrogen-bond donors (Lipinski definition) is 0. The maximum Gasteiger partial charge on any atom is 0.0740 e. The van der Waals surface area contributed by atoms with Crippen molar-refractivity contribution in [3.05, 3.63) is 56.7 Å². The Morgan fingerprint density at radius 2 is 2.13 bits per heavy atom. The summed E-state index contributed by atoms with van der Waals surface area (Å²) in [6.07, 6.45) is 0. The van der Waals surface area contributed by atoms with E-state index in [1.54, 1.807) is 11.3 Å². The maximum atomic E-state index is 5.93. The van der Waals surface area contributed by atoms with Crippen molar-refractivity contribution < 1.29 is 0 Å². The van der Waals surface area contributed by atoms with Gasteiger partial charge in [0.05, 0.1) is 4.83 Å². The van der Waals surface area contributed by atoms with Gasteiger partial charge in [-0.15, -0.1) is 11.3 Å². The van der Waals surface area contributed by atoms with E-state index in [9.17, 15) is 0 Å². The number of halogens is 2. The number of aryl methyl sites for hydroxylation is 1. The van der Waals surface area contributed by atoms with Gasteiger partial charge in [0.15, 0.2) is 0 Å². The molecule has 0 N–H and O–H groups in total. The lowest BCUT2D eigenvalue weighted by Crippen LogP contribution is -1.93. The van der Waals surface area contributed by atoms with Crippen molar-refractivity contribution in [2.45, 2.75) is 11.8 Å². The van der Waals surface area contributed by atoms with Gasteiger partial charge in [0.1, 0.15) is 0 Å². The van der Waals surface area contributed by atoms with Gasteiger partial charge in [0.25, 0.3) is 0 Å². The van der Waals surface area contributed by atoms with E-state index in [1.807, 2.05) is 12.1 Å². The van der Waals surface area contributed by atoms with Gasteiger partial charge in [-0.05, 0) is 41.6 Å². The smallest absolute Gasteiger partial charge is 0.0740 e. The Kier molecular flexibility index (Phi) is 3.49. The number of thiophene rings is 1. The van der Waals surface area contributed by atoms with Crippen molar-refractivity contribution in [2.24, 2.45) is 0 Å². The molecule has 1 aromatic heterocycles. The molecule has 0 aliphatic heterocycles. The molecule has 78 valence electrons.